The van der Waals surface area contributed by atoms with Crippen LogP contribution in [0.5, 0.6) is 17.2 Å². The van der Waals surface area contributed by atoms with Crippen LogP contribution in [0.15, 0.2) is 36.4 Å². The molecule has 0 atom stereocenters. The summed E-state index contributed by atoms with van der Waals surface area (Å²) < 4.78 is 13.8. The Morgan fingerprint density at radius 2 is 1.00 bits per heavy atom. The minimum atomic E-state index is -0.236. The summed E-state index contributed by atoms with van der Waals surface area (Å²) in [6, 6.07) is 13.7. The van der Waals surface area contributed by atoms with Crippen molar-refractivity contribution in [2.75, 3.05) is 0 Å². The van der Waals surface area contributed by atoms with Crippen LogP contribution >= 0.6 is 0 Å². The summed E-state index contributed by atoms with van der Waals surface area (Å²) >= 11 is 0. The first-order valence-electron chi connectivity index (χ1n) is 16.3. The molecule has 8 saturated carbocycles. The number of rotatable bonds is 5. The van der Waals surface area contributed by atoms with Crippen molar-refractivity contribution in [1.29, 1.82) is 0 Å². The molecule has 8 bridgehead atoms. The lowest BCUT2D eigenvalue weighted by Gasteiger charge is -2.59. The topological polar surface area (TPSA) is 18.5 Å². The van der Waals surface area contributed by atoms with Crippen molar-refractivity contribution in [3.63, 3.8) is 0 Å². The number of ether oxygens (including phenoxy) is 2. The van der Waals surface area contributed by atoms with E-state index in [1.807, 2.05) is 0 Å². The standard InChI is InChI=1S/C37H48O2/c1-23-5-7-30(8-6-23)38-33-16-34(39-35(2,3)4)32(37-20-27-12-28(21-37)14-29(13-27)22-37)15-31(33)36-17-24-9-25(18-36)11-26(10-24)19-36/h5-8,15-16,24-29H,9-14,17-22H2,1-4H3. The minimum absolute atomic E-state index is 0.236. The van der Waals surface area contributed by atoms with E-state index in [1.165, 1.54) is 88.2 Å². The van der Waals surface area contributed by atoms with Gasteiger partial charge in [0.05, 0.1) is 0 Å². The van der Waals surface area contributed by atoms with E-state index in [0.717, 1.165) is 52.8 Å². The Balaban J connectivity index is 1.30. The second-order valence-electron chi connectivity index (χ2n) is 16.4. The van der Waals surface area contributed by atoms with Crippen LogP contribution in [0, 0.1) is 42.4 Å². The molecule has 0 amide bonds. The van der Waals surface area contributed by atoms with Crippen molar-refractivity contribution in [1.82, 2.24) is 0 Å². The first kappa shape index (κ1) is 24.8. The number of aryl methyl sites for hydroxylation is 1. The fourth-order valence-corrected chi connectivity index (χ4v) is 11.5. The average Bonchev–Trinajstić information content (AvgIpc) is 2.83. The maximum absolute atomic E-state index is 6.91. The molecule has 0 unspecified atom stereocenters. The van der Waals surface area contributed by atoms with Gasteiger partial charge in [-0.3, -0.25) is 0 Å². The van der Waals surface area contributed by atoms with E-state index in [-0.39, 0.29) is 11.0 Å². The highest BCUT2D eigenvalue weighted by atomic mass is 16.5. The summed E-state index contributed by atoms with van der Waals surface area (Å²) in [5.74, 6) is 8.65. The second-order valence-corrected chi connectivity index (χ2v) is 16.4. The Morgan fingerprint density at radius 1 is 0.590 bits per heavy atom. The summed E-state index contributed by atoms with van der Waals surface area (Å²) in [4.78, 5) is 0. The van der Waals surface area contributed by atoms with Crippen LogP contribution in [0.4, 0.5) is 0 Å². The third-order valence-corrected chi connectivity index (χ3v) is 12.0. The molecule has 0 saturated heterocycles. The normalized spacial score (nSPS) is 39.8. The van der Waals surface area contributed by atoms with Crippen molar-refractivity contribution < 1.29 is 9.47 Å². The number of benzene rings is 2. The van der Waals surface area contributed by atoms with Gasteiger partial charge in [-0.05, 0) is 169 Å². The summed E-state index contributed by atoms with van der Waals surface area (Å²) in [6.07, 6.45) is 17.1. The van der Waals surface area contributed by atoms with E-state index < -0.39 is 0 Å². The fraction of sp³-hybridized carbons (Fsp3) is 0.676. The van der Waals surface area contributed by atoms with Crippen molar-refractivity contribution in [2.45, 2.75) is 121 Å². The SMILES string of the molecule is Cc1ccc(Oc2cc(OC(C)(C)C)c(C34CC5CC(CC(C5)C3)C4)cc2C23CC4CC(CC(C4)C2)C3)cc1. The van der Waals surface area contributed by atoms with Gasteiger partial charge in [0.15, 0.2) is 0 Å². The van der Waals surface area contributed by atoms with E-state index in [9.17, 15) is 0 Å². The third kappa shape index (κ3) is 4.26. The molecule has 0 aliphatic heterocycles. The van der Waals surface area contributed by atoms with Gasteiger partial charge in [0.2, 0.25) is 0 Å². The lowest BCUT2D eigenvalue weighted by Crippen LogP contribution is -2.50. The average molecular weight is 525 g/mol. The Bertz CT molecular complexity index is 1190. The van der Waals surface area contributed by atoms with E-state index >= 15 is 0 Å². The maximum atomic E-state index is 6.91. The molecule has 0 radical (unpaired) electrons. The van der Waals surface area contributed by atoms with E-state index in [2.05, 4.69) is 64.1 Å². The van der Waals surface area contributed by atoms with Crippen LogP contribution in [0.1, 0.15) is 115 Å². The smallest absolute Gasteiger partial charge is 0.134 e. The van der Waals surface area contributed by atoms with Crippen LogP contribution in [0.2, 0.25) is 0 Å². The Kier molecular flexibility index (Phi) is 5.42. The third-order valence-electron chi connectivity index (χ3n) is 12.0. The Hall–Kier alpha value is -1.96. The van der Waals surface area contributed by atoms with E-state index in [1.54, 1.807) is 5.56 Å². The molecule has 0 N–H and O–H groups in total. The molecule has 8 aliphatic carbocycles. The van der Waals surface area contributed by atoms with Crippen molar-refractivity contribution >= 4 is 0 Å². The Labute approximate surface area is 236 Å². The molecule has 10 rings (SSSR count). The number of hydrogen-bond donors (Lipinski definition) is 0. The summed E-state index contributed by atoms with van der Waals surface area (Å²) in [6.45, 7) is 8.79. The van der Waals surface area contributed by atoms with Gasteiger partial charge in [-0.2, -0.15) is 0 Å². The number of hydrogen-bond acceptors (Lipinski definition) is 2. The highest BCUT2D eigenvalue weighted by molar-refractivity contribution is 5.55. The van der Waals surface area contributed by atoms with Crippen LogP contribution in [-0.2, 0) is 10.8 Å². The molecular weight excluding hydrogens is 476 g/mol. The zero-order chi connectivity index (χ0) is 26.6. The molecule has 2 aromatic rings. The zero-order valence-electron chi connectivity index (χ0n) is 24.7. The van der Waals surface area contributed by atoms with E-state index in [0.29, 0.717) is 5.41 Å². The summed E-state index contributed by atoms with van der Waals surface area (Å²) in [7, 11) is 0. The predicted octanol–water partition coefficient (Wildman–Crippen LogP) is 9.90. The fourth-order valence-electron chi connectivity index (χ4n) is 11.5. The van der Waals surface area contributed by atoms with Gasteiger partial charge < -0.3 is 9.47 Å². The molecule has 39 heavy (non-hydrogen) atoms. The second kappa shape index (κ2) is 8.53. The molecule has 2 nitrogen and oxygen atoms in total. The largest absolute Gasteiger partial charge is 0.488 e. The molecule has 2 heteroatoms. The van der Waals surface area contributed by atoms with Gasteiger partial charge in [-0.25, -0.2) is 0 Å². The lowest BCUT2D eigenvalue weighted by molar-refractivity contribution is -0.0106. The molecular formula is C37H48O2. The Morgan fingerprint density at radius 3 is 1.41 bits per heavy atom. The lowest BCUT2D eigenvalue weighted by atomic mass is 9.46. The monoisotopic (exact) mass is 524 g/mol. The summed E-state index contributed by atoms with van der Waals surface area (Å²) in [5, 5.41) is 0. The van der Waals surface area contributed by atoms with Gasteiger partial charge in [0.25, 0.3) is 0 Å². The predicted molar refractivity (Wildman–Crippen MR) is 158 cm³/mol. The van der Waals surface area contributed by atoms with Crippen LogP contribution in [-0.4, -0.2) is 5.60 Å². The van der Waals surface area contributed by atoms with Gasteiger partial charge in [-0.1, -0.05) is 17.7 Å². The van der Waals surface area contributed by atoms with Crippen LogP contribution in [0.3, 0.4) is 0 Å². The molecule has 208 valence electrons. The maximum Gasteiger partial charge on any atom is 0.134 e. The van der Waals surface area contributed by atoms with Crippen LogP contribution < -0.4 is 9.47 Å². The first-order valence-corrected chi connectivity index (χ1v) is 16.3. The molecule has 2 aromatic carbocycles. The zero-order valence-corrected chi connectivity index (χ0v) is 24.7. The van der Waals surface area contributed by atoms with Gasteiger partial charge in [0.1, 0.15) is 22.8 Å². The van der Waals surface area contributed by atoms with Gasteiger partial charge in [0, 0.05) is 17.2 Å². The molecule has 0 heterocycles. The van der Waals surface area contributed by atoms with E-state index in [4.69, 9.17) is 9.47 Å². The van der Waals surface area contributed by atoms with Crippen LogP contribution in [0.25, 0.3) is 0 Å². The highest BCUT2D eigenvalue weighted by Gasteiger charge is 2.55. The molecule has 0 spiro atoms. The molecule has 8 fully saturated rings. The van der Waals surface area contributed by atoms with Gasteiger partial charge in [-0.15, -0.1) is 0 Å². The molecule has 8 aliphatic rings. The van der Waals surface area contributed by atoms with Crippen molar-refractivity contribution in [3.8, 4) is 17.2 Å². The molecule has 0 aromatic heterocycles. The first-order chi connectivity index (χ1) is 18.6. The van der Waals surface area contributed by atoms with Crippen molar-refractivity contribution in [2.24, 2.45) is 35.5 Å². The minimum Gasteiger partial charge on any atom is -0.488 e. The summed E-state index contributed by atoms with van der Waals surface area (Å²) in [5.41, 5.74) is 4.71. The highest BCUT2D eigenvalue weighted by Crippen LogP contribution is 2.65. The van der Waals surface area contributed by atoms with Crippen molar-refractivity contribution in [3.05, 3.63) is 53.1 Å². The van der Waals surface area contributed by atoms with Gasteiger partial charge >= 0.3 is 0 Å². The quantitative estimate of drug-likeness (QED) is 0.387.